The second kappa shape index (κ2) is 10.7. The van der Waals surface area contributed by atoms with Crippen molar-refractivity contribution in [1.29, 1.82) is 0 Å². The summed E-state index contributed by atoms with van der Waals surface area (Å²) in [5, 5.41) is 14.7. The molecule has 0 aliphatic heterocycles. The number of rotatable bonds is 8. The average molecular weight is 549 g/mol. The van der Waals surface area contributed by atoms with Crippen LogP contribution in [0.4, 0.5) is 10.1 Å². The van der Waals surface area contributed by atoms with Crippen LogP contribution in [-0.4, -0.2) is 24.2 Å². The molecule has 8 nitrogen and oxygen atoms in total. The summed E-state index contributed by atoms with van der Waals surface area (Å²) in [5.74, 6) is 0.0812. The van der Waals surface area contributed by atoms with Crippen molar-refractivity contribution < 1.29 is 23.6 Å². The van der Waals surface area contributed by atoms with Gasteiger partial charge in [-0.15, -0.1) is 0 Å². The summed E-state index contributed by atoms with van der Waals surface area (Å²) in [4.78, 5) is 22.3. The summed E-state index contributed by atoms with van der Waals surface area (Å²) >= 11 is 2.09. The third-order valence-corrected chi connectivity index (χ3v) is 5.07. The van der Waals surface area contributed by atoms with E-state index < -0.39 is 16.6 Å². The van der Waals surface area contributed by atoms with Crippen LogP contribution in [0.2, 0.25) is 0 Å². The van der Waals surface area contributed by atoms with E-state index in [1.165, 1.54) is 49.7 Å². The summed E-state index contributed by atoms with van der Waals surface area (Å²) < 4.78 is 25.0. The molecule has 0 aliphatic carbocycles. The van der Waals surface area contributed by atoms with E-state index in [-0.39, 0.29) is 17.9 Å². The van der Waals surface area contributed by atoms with Gasteiger partial charge in [-0.2, -0.15) is 5.10 Å². The lowest BCUT2D eigenvalue weighted by Gasteiger charge is -2.13. The second-order valence-electron chi connectivity index (χ2n) is 6.45. The van der Waals surface area contributed by atoms with E-state index >= 15 is 0 Å². The van der Waals surface area contributed by atoms with Crippen LogP contribution in [-0.2, 0) is 6.61 Å². The van der Waals surface area contributed by atoms with Crippen molar-refractivity contribution in [1.82, 2.24) is 5.43 Å². The molecule has 0 unspecified atom stereocenters. The smallest absolute Gasteiger partial charge is 0.271 e. The van der Waals surface area contributed by atoms with Gasteiger partial charge in [0.1, 0.15) is 12.4 Å². The number of hydrogen-bond acceptors (Lipinski definition) is 6. The Morgan fingerprint density at radius 1 is 1.19 bits per heavy atom. The first kappa shape index (κ1) is 23.1. The molecule has 0 spiro atoms. The van der Waals surface area contributed by atoms with Gasteiger partial charge in [0.15, 0.2) is 11.5 Å². The van der Waals surface area contributed by atoms with Crippen LogP contribution in [0.3, 0.4) is 0 Å². The van der Waals surface area contributed by atoms with E-state index in [1.807, 2.05) is 0 Å². The predicted octanol–water partition coefficient (Wildman–Crippen LogP) is 4.69. The van der Waals surface area contributed by atoms with Gasteiger partial charge in [0.25, 0.3) is 11.6 Å². The highest BCUT2D eigenvalue weighted by Gasteiger charge is 2.12. The molecule has 0 aromatic heterocycles. The predicted molar refractivity (Wildman–Crippen MR) is 125 cm³/mol. The first-order valence-corrected chi connectivity index (χ1v) is 10.3. The van der Waals surface area contributed by atoms with Gasteiger partial charge in [-0.1, -0.05) is 0 Å². The number of carbonyl (C=O) groups is 1. The Morgan fingerprint density at radius 2 is 1.88 bits per heavy atom. The van der Waals surface area contributed by atoms with Crippen LogP contribution < -0.4 is 14.9 Å². The Kier molecular flexibility index (Phi) is 7.71. The number of nitro benzene ring substituents is 1. The van der Waals surface area contributed by atoms with Gasteiger partial charge in [-0.05, 0) is 82.2 Å². The minimum Gasteiger partial charge on any atom is -0.493 e. The number of methoxy groups -OCH3 is 1. The number of carbonyl (C=O) groups excluding carboxylic acids is 1. The van der Waals surface area contributed by atoms with Crippen LogP contribution in [0, 0.1) is 19.5 Å². The maximum Gasteiger partial charge on any atom is 0.271 e. The van der Waals surface area contributed by atoms with E-state index in [1.54, 1.807) is 24.3 Å². The molecule has 0 fully saturated rings. The molecule has 164 valence electrons. The van der Waals surface area contributed by atoms with Crippen LogP contribution >= 0.6 is 22.6 Å². The van der Waals surface area contributed by atoms with E-state index in [2.05, 4.69) is 33.1 Å². The maximum atomic E-state index is 13.0. The third-order valence-electron chi connectivity index (χ3n) is 4.27. The molecule has 10 heteroatoms. The Balaban J connectivity index is 1.67. The van der Waals surface area contributed by atoms with Gasteiger partial charge in [0, 0.05) is 17.7 Å². The molecule has 0 atom stereocenters. The number of halogens is 2. The number of nitrogens with zero attached hydrogens (tertiary/aromatic N) is 2. The molecular formula is C22H17FIN3O5. The highest BCUT2D eigenvalue weighted by Crippen LogP contribution is 2.34. The Morgan fingerprint density at radius 3 is 2.50 bits per heavy atom. The summed E-state index contributed by atoms with van der Waals surface area (Å²) in [5.41, 5.74) is 4.10. The largest absolute Gasteiger partial charge is 0.493 e. The summed E-state index contributed by atoms with van der Waals surface area (Å²) in [6.45, 7) is 0.200. The van der Waals surface area contributed by atoms with E-state index in [0.29, 0.717) is 17.1 Å². The standard InChI is InChI=1S/C22H17FIN3O5/c1-31-20-11-15(12-25-26-22(28)16-4-6-17(23)7-5-16)10-19(24)21(20)32-13-14-2-8-18(9-3-14)27(29)30/h2-12H,13H2,1H3,(H,26,28)/b25-12-. The highest BCUT2D eigenvalue weighted by atomic mass is 127. The van der Waals surface area contributed by atoms with E-state index in [4.69, 9.17) is 9.47 Å². The molecule has 0 radical (unpaired) electrons. The van der Waals surface area contributed by atoms with Crippen LogP contribution in [0.1, 0.15) is 21.5 Å². The van der Waals surface area contributed by atoms with Crippen LogP contribution in [0.5, 0.6) is 11.5 Å². The fourth-order valence-electron chi connectivity index (χ4n) is 2.66. The summed E-state index contributed by atoms with van der Waals surface area (Å²) in [7, 11) is 1.50. The molecule has 3 rings (SSSR count). The number of non-ortho nitro benzene ring substituents is 1. The number of ether oxygens (including phenoxy) is 2. The third kappa shape index (κ3) is 6.00. The number of hydrogen-bond donors (Lipinski definition) is 1. The fourth-order valence-corrected chi connectivity index (χ4v) is 3.44. The van der Waals surface area contributed by atoms with Crippen LogP contribution in [0.15, 0.2) is 65.8 Å². The number of nitro groups is 1. The Labute approximate surface area is 196 Å². The van der Waals surface area contributed by atoms with Gasteiger partial charge in [-0.25, -0.2) is 9.82 Å². The minimum absolute atomic E-state index is 0.0103. The van der Waals surface area contributed by atoms with E-state index in [9.17, 15) is 19.3 Å². The molecule has 0 bridgehead atoms. The summed E-state index contributed by atoms with van der Waals surface area (Å²) in [6.07, 6.45) is 1.45. The van der Waals surface area contributed by atoms with E-state index in [0.717, 1.165) is 9.13 Å². The average Bonchev–Trinajstić information content (AvgIpc) is 2.78. The fraction of sp³-hybridized carbons (Fsp3) is 0.0909. The lowest BCUT2D eigenvalue weighted by molar-refractivity contribution is -0.384. The first-order valence-electron chi connectivity index (χ1n) is 9.20. The van der Waals surface area contributed by atoms with Crippen molar-refractivity contribution in [3.05, 3.63) is 96.9 Å². The van der Waals surface area contributed by atoms with Gasteiger partial charge in [0.2, 0.25) is 0 Å². The monoisotopic (exact) mass is 549 g/mol. The second-order valence-corrected chi connectivity index (χ2v) is 7.61. The highest BCUT2D eigenvalue weighted by molar-refractivity contribution is 14.1. The van der Waals surface area contributed by atoms with Gasteiger partial charge < -0.3 is 9.47 Å². The zero-order chi connectivity index (χ0) is 23.1. The lowest BCUT2D eigenvalue weighted by Crippen LogP contribution is -2.17. The molecule has 0 saturated heterocycles. The zero-order valence-electron chi connectivity index (χ0n) is 16.7. The molecule has 32 heavy (non-hydrogen) atoms. The van der Waals surface area contributed by atoms with Crippen molar-refractivity contribution in [3.63, 3.8) is 0 Å². The molecule has 3 aromatic carbocycles. The van der Waals surface area contributed by atoms with Crippen molar-refractivity contribution in [2.75, 3.05) is 7.11 Å². The minimum atomic E-state index is -0.467. The molecule has 3 aromatic rings. The molecule has 0 heterocycles. The topological polar surface area (TPSA) is 103 Å². The first-order chi connectivity index (χ1) is 15.4. The Hall–Kier alpha value is -3.54. The van der Waals surface area contributed by atoms with Crippen molar-refractivity contribution >= 4 is 40.4 Å². The van der Waals surface area contributed by atoms with Crippen molar-refractivity contribution in [2.24, 2.45) is 5.10 Å². The van der Waals surface area contributed by atoms with Crippen molar-refractivity contribution in [2.45, 2.75) is 6.61 Å². The molecule has 1 amide bonds. The quantitative estimate of drug-likeness (QED) is 0.190. The summed E-state index contributed by atoms with van der Waals surface area (Å²) in [6, 6.07) is 14.7. The zero-order valence-corrected chi connectivity index (χ0v) is 18.9. The van der Waals surface area contributed by atoms with Gasteiger partial charge in [-0.3, -0.25) is 14.9 Å². The molecular weight excluding hydrogens is 532 g/mol. The SMILES string of the molecule is COc1cc(/C=N\NC(=O)c2ccc(F)cc2)cc(I)c1OCc1ccc([N+](=O)[O-])cc1. The lowest BCUT2D eigenvalue weighted by atomic mass is 10.2. The van der Waals surface area contributed by atoms with Gasteiger partial charge in [0.05, 0.1) is 21.8 Å². The van der Waals surface area contributed by atoms with Crippen molar-refractivity contribution in [3.8, 4) is 11.5 Å². The Bertz CT molecular complexity index is 1150. The number of amides is 1. The normalized spacial score (nSPS) is 10.7. The number of benzene rings is 3. The molecule has 1 N–H and O–H groups in total. The molecule has 0 saturated carbocycles. The van der Waals surface area contributed by atoms with Crippen LogP contribution in [0.25, 0.3) is 0 Å². The van der Waals surface area contributed by atoms with Gasteiger partial charge >= 0.3 is 0 Å². The number of hydrazone groups is 1. The molecule has 0 aliphatic rings. The number of nitrogens with one attached hydrogen (secondary N) is 1. The maximum absolute atomic E-state index is 13.0.